The number of rotatable bonds is 2. The van der Waals surface area contributed by atoms with Gasteiger partial charge in [-0.25, -0.2) is 0 Å². The van der Waals surface area contributed by atoms with Crippen LogP contribution in [0.1, 0.15) is 38.5 Å². The minimum absolute atomic E-state index is 1.05. The first-order chi connectivity index (χ1) is 6.86. The van der Waals surface area contributed by atoms with Crippen molar-refractivity contribution in [3.63, 3.8) is 0 Å². The molecule has 2 fully saturated rings. The average molecular weight is 418 g/mol. The second-order valence-corrected chi connectivity index (χ2v) is 6.78. The first kappa shape index (κ1) is 11.9. The van der Waals surface area contributed by atoms with Gasteiger partial charge in [-0.1, -0.05) is 64.4 Å². The molecular weight excluding hydrogens is 398 g/mol. The Morgan fingerprint density at radius 3 is 2.36 bits per heavy atom. The summed E-state index contributed by atoms with van der Waals surface area (Å²) in [4.78, 5) is 0. The maximum absolute atomic E-state index is 2.63. The van der Waals surface area contributed by atoms with E-state index >= 15 is 0 Å². The van der Waals surface area contributed by atoms with Crippen molar-refractivity contribution in [3.05, 3.63) is 0 Å². The highest BCUT2D eigenvalue weighted by atomic mass is 127. The lowest BCUT2D eigenvalue weighted by atomic mass is 9.63. The summed E-state index contributed by atoms with van der Waals surface area (Å²) in [7, 11) is 0. The van der Waals surface area contributed by atoms with Gasteiger partial charge in [-0.15, -0.1) is 0 Å². The molecule has 2 rings (SSSR count). The second kappa shape index (κ2) is 5.69. The van der Waals surface area contributed by atoms with Crippen LogP contribution in [-0.4, -0.2) is 8.86 Å². The van der Waals surface area contributed by atoms with E-state index in [1.54, 1.807) is 19.3 Å². The molecule has 4 atom stereocenters. The third kappa shape index (κ3) is 2.41. The third-order valence-corrected chi connectivity index (χ3v) is 6.56. The summed E-state index contributed by atoms with van der Waals surface area (Å²) in [6.07, 6.45) is 9.20. The number of fused-ring (bicyclic) bond motifs is 1. The van der Waals surface area contributed by atoms with E-state index in [9.17, 15) is 0 Å². The van der Waals surface area contributed by atoms with Gasteiger partial charge in [0.2, 0.25) is 0 Å². The van der Waals surface area contributed by atoms with E-state index in [0.29, 0.717) is 0 Å². The van der Waals surface area contributed by atoms with Crippen LogP contribution in [0.2, 0.25) is 0 Å². The quantitative estimate of drug-likeness (QED) is 0.451. The van der Waals surface area contributed by atoms with E-state index in [4.69, 9.17) is 0 Å². The average Bonchev–Trinajstić information content (AvgIpc) is 2.27. The first-order valence-electron chi connectivity index (χ1n) is 5.98. The van der Waals surface area contributed by atoms with Crippen molar-refractivity contribution in [1.82, 2.24) is 0 Å². The maximum atomic E-state index is 2.63. The molecule has 0 bridgehead atoms. The zero-order chi connectivity index (χ0) is 9.97. The summed E-state index contributed by atoms with van der Waals surface area (Å²) in [5.41, 5.74) is 0. The highest BCUT2D eigenvalue weighted by Crippen LogP contribution is 2.47. The summed E-state index contributed by atoms with van der Waals surface area (Å²) in [5.74, 6) is 4.33. The molecule has 0 aromatic carbocycles. The van der Waals surface area contributed by atoms with Gasteiger partial charge in [0.1, 0.15) is 0 Å². The van der Waals surface area contributed by atoms with Gasteiger partial charge in [-0.3, -0.25) is 0 Å². The lowest BCUT2D eigenvalue weighted by Crippen LogP contribution is -2.38. The van der Waals surface area contributed by atoms with Crippen LogP contribution >= 0.6 is 45.2 Å². The van der Waals surface area contributed by atoms with Crippen molar-refractivity contribution in [3.8, 4) is 0 Å². The van der Waals surface area contributed by atoms with Gasteiger partial charge >= 0.3 is 0 Å². The molecule has 2 saturated carbocycles. The summed E-state index contributed by atoms with van der Waals surface area (Å²) in [6.45, 7) is 0. The van der Waals surface area contributed by atoms with Gasteiger partial charge in [0, 0.05) is 8.86 Å². The Morgan fingerprint density at radius 2 is 1.64 bits per heavy atom. The van der Waals surface area contributed by atoms with E-state index in [1.165, 1.54) is 28.1 Å². The van der Waals surface area contributed by atoms with Crippen LogP contribution in [0.5, 0.6) is 0 Å². The molecule has 0 aromatic heterocycles. The summed E-state index contributed by atoms with van der Waals surface area (Å²) in [5, 5.41) is 0. The molecule has 2 aliphatic rings. The Balaban J connectivity index is 2.04. The van der Waals surface area contributed by atoms with Gasteiger partial charge in [0.25, 0.3) is 0 Å². The first-order valence-corrected chi connectivity index (χ1v) is 9.04. The van der Waals surface area contributed by atoms with Crippen LogP contribution in [0, 0.1) is 23.7 Å². The van der Waals surface area contributed by atoms with Gasteiger partial charge in [-0.05, 0) is 42.9 Å². The molecule has 2 heteroatoms. The minimum Gasteiger partial charge on any atom is -0.0861 e. The van der Waals surface area contributed by atoms with Crippen LogP contribution in [0.3, 0.4) is 0 Å². The molecule has 0 aromatic rings. The number of halogens is 2. The molecular formula is C12H20I2. The molecule has 14 heavy (non-hydrogen) atoms. The molecule has 2 aliphatic carbocycles. The highest BCUT2D eigenvalue weighted by molar-refractivity contribution is 14.1. The monoisotopic (exact) mass is 418 g/mol. The fraction of sp³-hybridized carbons (Fsp3) is 1.00. The van der Waals surface area contributed by atoms with Gasteiger partial charge < -0.3 is 0 Å². The van der Waals surface area contributed by atoms with Gasteiger partial charge in [0.05, 0.1) is 0 Å². The molecule has 0 spiro atoms. The number of hydrogen-bond acceptors (Lipinski definition) is 0. The Kier molecular flexibility index (Phi) is 4.85. The molecule has 0 amide bonds. The predicted molar refractivity (Wildman–Crippen MR) is 79.4 cm³/mol. The van der Waals surface area contributed by atoms with Crippen LogP contribution in [-0.2, 0) is 0 Å². The predicted octanol–water partition coefficient (Wildman–Crippen LogP) is 4.69. The molecule has 0 heterocycles. The van der Waals surface area contributed by atoms with E-state index in [0.717, 1.165) is 23.7 Å². The van der Waals surface area contributed by atoms with Crippen molar-refractivity contribution in [1.29, 1.82) is 0 Å². The van der Waals surface area contributed by atoms with Crippen molar-refractivity contribution in [2.75, 3.05) is 8.86 Å². The van der Waals surface area contributed by atoms with Crippen molar-refractivity contribution >= 4 is 45.2 Å². The molecule has 82 valence electrons. The molecule has 0 nitrogen and oxygen atoms in total. The van der Waals surface area contributed by atoms with Crippen LogP contribution in [0.4, 0.5) is 0 Å². The second-order valence-electron chi connectivity index (χ2n) is 5.02. The topological polar surface area (TPSA) is 0 Å². The van der Waals surface area contributed by atoms with E-state index in [-0.39, 0.29) is 0 Å². The third-order valence-electron chi connectivity index (χ3n) is 4.41. The van der Waals surface area contributed by atoms with Gasteiger partial charge in [0.15, 0.2) is 0 Å². The van der Waals surface area contributed by atoms with Crippen molar-refractivity contribution in [2.24, 2.45) is 23.7 Å². The molecule has 4 unspecified atom stereocenters. The van der Waals surface area contributed by atoms with Crippen LogP contribution in [0.25, 0.3) is 0 Å². The maximum Gasteiger partial charge on any atom is 0.00293 e. The number of hydrogen-bond donors (Lipinski definition) is 0. The fourth-order valence-corrected chi connectivity index (χ4v) is 6.05. The fourth-order valence-electron chi connectivity index (χ4n) is 3.58. The van der Waals surface area contributed by atoms with Gasteiger partial charge in [-0.2, -0.15) is 0 Å². The SMILES string of the molecule is ICC1CCC2CCCCC2C1CI. The zero-order valence-electron chi connectivity index (χ0n) is 8.72. The summed E-state index contributed by atoms with van der Waals surface area (Å²) >= 11 is 5.24. The Labute approximate surface area is 115 Å². The normalized spacial score (nSPS) is 43.3. The van der Waals surface area contributed by atoms with E-state index in [1.807, 2.05) is 0 Å². The molecule has 0 radical (unpaired) electrons. The van der Waals surface area contributed by atoms with Crippen LogP contribution < -0.4 is 0 Å². The summed E-state index contributed by atoms with van der Waals surface area (Å²) < 4.78 is 2.81. The largest absolute Gasteiger partial charge is 0.0861 e. The van der Waals surface area contributed by atoms with Crippen molar-refractivity contribution < 1.29 is 0 Å². The van der Waals surface area contributed by atoms with Crippen molar-refractivity contribution in [2.45, 2.75) is 38.5 Å². The lowest BCUT2D eigenvalue weighted by Gasteiger charge is -2.45. The molecule has 0 aliphatic heterocycles. The molecule has 0 N–H and O–H groups in total. The Bertz CT molecular complexity index is 175. The van der Waals surface area contributed by atoms with E-state index < -0.39 is 0 Å². The summed E-state index contributed by atoms with van der Waals surface area (Å²) in [6, 6.07) is 0. The van der Waals surface area contributed by atoms with Crippen LogP contribution in [0.15, 0.2) is 0 Å². The molecule has 0 saturated heterocycles. The Morgan fingerprint density at radius 1 is 0.857 bits per heavy atom. The minimum atomic E-state index is 1.05. The lowest BCUT2D eigenvalue weighted by molar-refractivity contribution is 0.0810. The standard InChI is InChI=1S/C12H20I2/c13-7-10-6-5-9-3-1-2-4-11(9)12(10)8-14/h9-12H,1-8H2. The van der Waals surface area contributed by atoms with E-state index in [2.05, 4.69) is 45.2 Å². The Hall–Kier alpha value is 1.46. The smallest absolute Gasteiger partial charge is 0.00293 e. The highest BCUT2D eigenvalue weighted by Gasteiger charge is 2.38. The number of alkyl halides is 2. The zero-order valence-corrected chi connectivity index (χ0v) is 13.0.